The Morgan fingerprint density at radius 2 is 1.84 bits per heavy atom. The van der Waals surface area contributed by atoms with E-state index in [1.54, 1.807) is 28.6 Å². The highest BCUT2D eigenvalue weighted by Gasteiger charge is 2.35. The van der Waals surface area contributed by atoms with Crippen LogP contribution in [0.3, 0.4) is 0 Å². The molecule has 0 spiro atoms. The average molecular weight is 436 g/mol. The summed E-state index contributed by atoms with van der Waals surface area (Å²) in [5, 5.41) is 8.74. The molecule has 1 N–H and O–H groups in total. The maximum Gasteiger partial charge on any atom is 0.276 e. The number of amides is 2. The molecule has 0 saturated heterocycles. The summed E-state index contributed by atoms with van der Waals surface area (Å²) in [6, 6.07) is 14.3. The number of carbonyl (C=O) groups excluding carboxylic acids is 2. The number of nitrogens with one attached hydrogen (secondary N) is 1. The van der Waals surface area contributed by atoms with Crippen molar-refractivity contribution in [2.75, 3.05) is 0 Å². The quantitative estimate of drug-likeness (QED) is 0.610. The van der Waals surface area contributed by atoms with Crippen LogP contribution in [0.1, 0.15) is 59.9 Å². The molecule has 8 heteroatoms. The molecule has 1 aliphatic rings. The smallest absolute Gasteiger partial charge is 0.276 e. The average Bonchev–Trinajstić information content (AvgIpc) is 3.35. The van der Waals surface area contributed by atoms with Gasteiger partial charge in [-0.15, -0.1) is 5.10 Å². The van der Waals surface area contributed by atoms with Gasteiger partial charge in [-0.3, -0.25) is 14.6 Å². The minimum absolute atomic E-state index is 0.127. The van der Waals surface area contributed by atoms with Gasteiger partial charge in [0.15, 0.2) is 11.7 Å². The lowest BCUT2D eigenvalue weighted by atomic mass is 9.95. The van der Waals surface area contributed by atoms with Crippen LogP contribution in [0.2, 0.25) is 0 Å². The van der Waals surface area contributed by atoms with Gasteiger partial charge in [0.25, 0.3) is 5.91 Å². The zero-order chi connectivity index (χ0) is 21.5. The van der Waals surface area contributed by atoms with Gasteiger partial charge < -0.3 is 10.2 Å². The van der Waals surface area contributed by atoms with Crippen molar-refractivity contribution in [1.29, 1.82) is 0 Å². The fraction of sp³-hybridized carbons (Fsp3) is 0.348. The molecule has 4 rings (SSSR count). The first-order chi connectivity index (χ1) is 15.2. The van der Waals surface area contributed by atoms with Gasteiger partial charge in [0, 0.05) is 24.2 Å². The van der Waals surface area contributed by atoms with E-state index in [1.165, 1.54) is 6.42 Å². The molecule has 1 unspecified atom stereocenters. The van der Waals surface area contributed by atoms with E-state index in [0.717, 1.165) is 42.8 Å². The van der Waals surface area contributed by atoms with Gasteiger partial charge in [-0.25, -0.2) is 0 Å². The summed E-state index contributed by atoms with van der Waals surface area (Å²) in [6.07, 6.45) is 6.98. The van der Waals surface area contributed by atoms with Crippen molar-refractivity contribution in [1.82, 2.24) is 24.8 Å². The number of carbonyl (C=O) groups is 2. The molecule has 7 nitrogen and oxygen atoms in total. The zero-order valence-corrected chi connectivity index (χ0v) is 18.0. The van der Waals surface area contributed by atoms with Crippen molar-refractivity contribution in [2.24, 2.45) is 0 Å². The molecular weight excluding hydrogens is 410 g/mol. The predicted molar refractivity (Wildman–Crippen MR) is 118 cm³/mol. The molecule has 0 aliphatic heterocycles. The summed E-state index contributed by atoms with van der Waals surface area (Å²) < 4.78 is 3.83. The summed E-state index contributed by atoms with van der Waals surface area (Å²) in [5.74, 6) is -0.551. The van der Waals surface area contributed by atoms with Gasteiger partial charge >= 0.3 is 0 Å². The first-order valence-electron chi connectivity index (χ1n) is 10.6. The second-order valence-corrected chi connectivity index (χ2v) is 8.32. The summed E-state index contributed by atoms with van der Waals surface area (Å²) in [7, 11) is 0. The van der Waals surface area contributed by atoms with Gasteiger partial charge in [-0.05, 0) is 42.1 Å². The molecule has 1 atom stereocenters. The Morgan fingerprint density at radius 1 is 1.06 bits per heavy atom. The lowest BCUT2D eigenvalue weighted by Crippen LogP contribution is -2.47. The van der Waals surface area contributed by atoms with Gasteiger partial charge in [0.05, 0.1) is 5.69 Å². The molecule has 3 aromatic rings. The van der Waals surface area contributed by atoms with Gasteiger partial charge in [0.2, 0.25) is 5.91 Å². The van der Waals surface area contributed by atoms with Crippen molar-refractivity contribution >= 4 is 23.3 Å². The van der Waals surface area contributed by atoms with Gasteiger partial charge in [0.1, 0.15) is 0 Å². The van der Waals surface area contributed by atoms with Crippen LogP contribution in [-0.2, 0) is 11.3 Å². The van der Waals surface area contributed by atoms with Crippen molar-refractivity contribution in [3.63, 3.8) is 0 Å². The van der Waals surface area contributed by atoms with Crippen LogP contribution >= 0.6 is 11.5 Å². The monoisotopic (exact) mass is 435 g/mol. The Kier molecular flexibility index (Phi) is 6.99. The van der Waals surface area contributed by atoms with Crippen molar-refractivity contribution < 1.29 is 9.59 Å². The zero-order valence-electron chi connectivity index (χ0n) is 17.2. The second-order valence-electron chi connectivity index (χ2n) is 7.71. The molecule has 1 saturated carbocycles. The summed E-state index contributed by atoms with van der Waals surface area (Å²) in [4.78, 5) is 33.0. The van der Waals surface area contributed by atoms with Crippen molar-refractivity contribution in [2.45, 2.75) is 50.7 Å². The van der Waals surface area contributed by atoms with Crippen LogP contribution < -0.4 is 5.32 Å². The molecule has 0 radical (unpaired) electrons. The summed E-state index contributed by atoms with van der Waals surface area (Å²) in [5.41, 5.74) is 1.68. The summed E-state index contributed by atoms with van der Waals surface area (Å²) >= 11 is 1.11. The largest absolute Gasteiger partial charge is 0.351 e. The van der Waals surface area contributed by atoms with E-state index in [2.05, 4.69) is 19.9 Å². The van der Waals surface area contributed by atoms with Crippen molar-refractivity contribution in [3.05, 3.63) is 77.1 Å². The number of hydrogen-bond acceptors (Lipinski definition) is 6. The third-order valence-electron chi connectivity index (χ3n) is 5.52. The Morgan fingerprint density at radius 3 is 2.52 bits per heavy atom. The van der Waals surface area contributed by atoms with Crippen LogP contribution in [0.25, 0.3) is 0 Å². The van der Waals surface area contributed by atoms with Crippen LogP contribution in [0.4, 0.5) is 0 Å². The Hall–Kier alpha value is -3.13. The second kappa shape index (κ2) is 10.3. The van der Waals surface area contributed by atoms with E-state index in [-0.39, 0.29) is 30.1 Å². The van der Waals surface area contributed by atoms with Crippen LogP contribution in [0.5, 0.6) is 0 Å². The van der Waals surface area contributed by atoms with E-state index < -0.39 is 6.04 Å². The van der Waals surface area contributed by atoms with E-state index in [1.807, 2.05) is 36.4 Å². The third-order valence-corrected chi connectivity index (χ3v) is 6.02. The highest BCUT2D eigenvalue weighted by Crippen LogP contribution is 2.26. The number of hydrogen-bond donors (Lipinski definition) is 1. The Labute approximate surface area is 185 Å². The van der Waals surface area contributed by atoms with E-state index in [4.69, 9.17) is 0 Å². The Bertz CT molecular complexity index is 976. The fourth-order valence-corrected chi connectivity index (χ4v) is 4.40. The first kappa shape index (κ1) is 21.1. The van der Waals surface area contributed by atoms with E-state index in [9.17, 15) is 9.59 Å². The number of pyridine rings is 1. The minimum Gasteiger partial charge on any atom is -0.351 e. The Balaban J connectivity index is 1.69. The molecule has 2 amide bonds. The SMILES string of the molecule is O=C(NC1CCCCC1)C(c1ccccn1)N(Cc1ccccc1)C(=O)c1csnn1. The highest BCUT2D eigenvalue weighted by atomic mass is 32.1. The standard InChI is InChI=1S/C23H25N5O2S/c29-22(25-18-11-5-2-6-12-18)21(19-13-7-8-14-24-19)28(15-17-9-3-1-4-10-17)23(30)20-16-31-27-26-20/h1,3-4,7-10,13-14,16,18,21H,2,5-6,11-12,15H2,(H,25,29). The predicted octanol–water partition coefficient (Wildman–Crippen LogP) is 3.77. The molecule has 0 bridgehead atoms. The normalized spacial score (nSPS) is 15.2. The number of aromatic nitrogens is 3. The van der Waals surface area contributed by atoms with Crippen molar-refractivity contribution in [3.8, 4) is 0 Å². The summed E-state index contributed by atoms with van der Waals surface area (Å²) in [6.45, 7) is 0.260. The topological polar surface area (TPSA) is 88.1 Å². The first-order valence-corrected chi connectivity index (χ1v) is 11.4. The molecule has 2 heterocycles. The number of benzene rings is 1. The van der Waals surface area contributed by atoms with Gasteiger partial charge in [-0.1, -0.05) is 60.1 Å². The molecule has 1 fully saturated rings. The lowest BCUT2D eigenvalue weighted by molar-refractivity contribution is -0.127. The van der Waals surface area contributed by atoms with Crippen LogP contribution in [-0.4, -0.2) is 37.3 Å². The lowest BCUT2D eigenvalue weighted by Gasteiger charge is -2.32. The van der Waals surface area contributed by atoms with Crippen LogP contribution in [0, 0.1) is 0 Å². The molecular formula is C23H25N5O2S. The van der Waals surface area contributed by atoms with Crippen LogP contribution in [0.15, 0.2) is 60.1 Å². The maximum absolute atomic E-state index is 13.5. The number of nitrogens with zero attached hydrogens (tertiary/aromatic N) is 4. The van der Waals surface area contributed by atoms with E-state index in [0.29, 0.717) is 5.69 Å². The van der Waals surface area contributed by atoms with Gasteiger partial charge in [-0.2, -0.15) is 0 Å². The molecule has 2 aromatic heterocycles. The number of rotatable bonds is 7. The maximum atomic E-state index is 13.5. The third kappa shape index (κ3) is 5.32. The molecule has 31 heavy (non-hydrogen) atoms. The van der Waals surface area contributed by atoms with E-state index >= 15 is 0 Å². The fourth-order valence-electron chi connectivity index (χ4n) is 3.97. The minimum atomic E-state index is -0.863. The molecule has 1 aliphatic carbocycles. The molecule has 160 valence electrons. The molecule has 1 aromatic carbocycles. The highest BCUT2D eigenvalue weighted by molar-refractivity contribution is 7.03.